The molecule has 0 saturated heterocycles. The first-order chi connectivity index (χ1) is 14.7. The molecule has 0 radical (unpaired) electrons. The third kappa shape index (κ3) is 2.83. The quantitative estimate of drug-likeness (QED) is 0.500. The first-order valence-corrected chi connectivity index (χ1v) is 10.9. The Hall–Kier alpha value is -2.52. The molecule has 1 aromatic carbocycles. The van der Waals surface area contributed by atoms with E-state index in [0.29, 0.717) is 11.4 Å². The third-order valence-corrected chi connectivity index (χ3v) is 6.94. The average molecular weight is 441 g/mol. The maximum atomic E-state index is 9.53. The Morgan fingerprint density at radius 1 is 1.27 bits per heavy atom. The molecule has 0 saturated carbocycles. The number of ether oxygens (including phenoxy) is 1. The van der Waals surface area contributed by atoms with Crippen LogP contribution in [0.1, 0.15) is 33.6 Å². The number of aliphatic hydroxyl groups is 1. The lowest BCUT2D eigenvalue weighted by Crippen LogP contribution is -2.24. The van der Waals surface area contributed by atoms with E-state index in [1.807, 2.05) is 18.2 Å². The zero-order valence-electron chi connectivity index (χ0n) is 15.8. The normalized spacial score (nSPS) is 17.7. The molecule has 7 nitrogen and oxygen atoms in total. The molecule has 5 heterocycles. The van der Waals surface area contributed by atoms with Crippen molar-refractivity contribution in [3.63, 3.8) is 0 Å². The molecule has 2 aliphatic heterocycles. The zero-order chi connectivity index (χ0) is 20.2. The van der Waals surface area contributed by atoms with Gasteiger partial charge in [0, 0.05) is 52.5 Å². The van der Waals surface area contributed by atoms with Crippen LogP contribution in [-0.2, 0) is 26.0 Å². The summed E-state index contributed by atoms with van der Waals surface area (Å²) in [7, 11) is 0. The lowest BCUT2D eigenvalue weighted by molar-refractivity contribution is 0.189. The van der Waals surface area contributed by atoms with Crippen molar-refractivity contribution in [3.8, 4) is 17.0 Å². The molecule has 152 valence electrons. The molecule has 4 aromatic rings. The van der Waals surface area contributed by atoms with Crippen molar-refractivity contribution in [2.24, 2.45) is 0 Å². The molecule has 0 fully saturated rings. The van der Waals surface area contributed by atoms with Crippen molar-refractivity contribution >= 4 is 33.2 Å². The minimum atomic E-state index is -0.248. The van der Waals surface area contributed by atoms with Crippen LogP contribution >= 0.6 is 22.9 Å². The van der Waals surface area contributed by atoms with Gasteiger partial charge >= 0.3 is 0 Å². The topological polar surface area (TPSA) is 93.3 Å². The Balaban J connectivity index is 1.45. The van der Waals surface area contributed by atoms with Gasteiger partial charge in [0.25, 0.3) is 0 Å². The molecule has 9 heteroatoms. The summed E-state index contributed by atoms with van der Waals surface area (Å²) in [6.45, 7) is 1.62. The number of nitrogens with one attached hydrogen (secondary N) is 1. The van der Waals surface area contributed by atoms with Crippen molar-refractivity contribution < 1.29 is 14.4 Å². The van der Waals surface area contributed by atoms with Crippen LogP contribution in [-0.4, -0.2) is 26.8 Å². The largest absolute Gasteiger partial charge is 0.481 e. The molecule has 2 aliphatic rings. The van der Waals surface area contributed by atoms with Crippen LogP contribution in [0.25, 0.3) is 21.5 Å². The Kier molecular flexibility index (Phi) is 4.28. The number of aromatic nitrogens is 3. The SMILES string of the molecule is OCc1cc2ncnc(-c3cc(Cl)cc4c3OC(c3onc5c3CNCC5)C4)c2s1. The Morgan fingerprint density at radius 2 is 2.20 bits per heavy atom. The van der Waals surface area contributed by atoms with Gasteiger partial charge in [-0.25, -0.2) is 9.97 Å². The fourth-order valence-corrected chi connectivity index (χ4v) is 5.45. The molecule has 0 bridgehead atoms. The van der Waals surface area contributed by atoms with E-state index < -0.39 is 0 Å². The van der Waals surface area contributed by atoms with Crippen molar-refractivity contribution in [2.75, 3.05) is 6.54 Å². The van der Waals surface area contributed by atoms with E-state index in [-0.39, 0.29) is 12.7 Å². The predicted octanol–water partition coefficient (Wildman–Crippen LogP) is 3.81. The zero-order valence-corrected chi connectivity index (χ0v) is 17.4. The molecule has 0 aliphatic carbocycles. The highest BCUT2D eigenvalue weighted by Crippen LogP contribution is 2.47. The van der Waals surface area contributed by atoms with Gasteiger partial charge in [-0.3, -0.25) is 0 Å². The van der Waals surface area contributed by atoms with E-state index in [1.54, 1.807) is 0 Å². The van der Waals surface area contributed by atoms with E-state index in [1.165, 1.54) is 17.7 Å². The van der Waals surface area contributed by atoms with Crippen molar-refractivity contribution in [3.05, 3.63) is 57.0 Å². The third-order valence-electron chi connectivity index (χ3n) is 5.60. The molecule has 2 N–H and O–H groups in total. The summed E-state index contributed by atoms with van der Waals surface area (Å²) in [4.78, 5) is 9.71. The lowest BCUT2D eigenvalue weighted by Gasteiger charge is -2.14. The number of benzene rings is 1. The molecule has 1 atom stereocenters. The highest BCUT2D eigenvalue weighted by atomic mass is 35.5. The van der Waals surface area contributed by atoms with Gasteiger partial charge in [0.1, 0.15) is 12.1 Å². The number of nitrogens with zero attached hydrogens (tertiary/aromatic N) is 3. The summed E-state index contributed by atoms with van der Waals surface area (Å²) in [5.41, 5.74) is 5.50. The summed E-state index contributed by atoms with van der Waals surface area (Å²) < 4.78 is 13.0. The van der Waals surface area contributed by atoms with E-state index in [9.17, 15) is 5.11 Å². The number of hydrogen-bond donors (Lipinski definition) is 2. The van der Waals surface area contributed by atoms with Gasteiger partial charge in [0.2, 0.25) is 0 Å². The van der Waals surface area contributed by atoms with Crippen LogP contribution in [0.15, 0.2) is 29.0 Å². The Morgan fingerprint density at radius 3 is 3.10 bits per heavy atom. The van der Waals surface area contributed by atoms with E-state index in [0.717, 1.165) is 74.2 Å². The summed E-state index contributed by atoms with van der Waals surface area (Å²) in [5, 5.41) is 17.8. The van der Waals surface area contributed by atoms with Gasteiger partial charge in [-0.15, -0.1) is 11.3 Å². The van der Waals surface area contributed by atoms with Crippen LogP contribution in [0.5, 0.6) is 5.75 Å². The number of aliphatic hydroxyl groups excluding tert-OH is 1. The first-order valence-electron chi connectivity index (χ1n) is 9.73. The summed E-state index contributed by atoms with van der Waals surface area (Å²) in [5.74, 6) is 1.54. The Bertz CT molecular complexity index is 1280. The maximum Gasteiger partial charge on any atom is 0.182 e. The molecular formula is C21H17ClN4O3S. The fraction of sp³-hybridized carbons (Fsp3) is 0.286. The van der Waals surface area contributed by atoms with Gasteiger partial charge < -0.3 is 19.7 Å². The van der Waals surface area contributed by atoms with Crippen LogP contribution < -0.4 is 10.1 Å². The van der Waals surface area contributed by atoms with E-state index in [2.05, 4.69) is 20.4 Å². The highest BCUT2D eigenvalue weighted by molar-refractivity contribution is 7.19. The number of thiophene rings is 1. The summed E-state index contributed by atoms with van der Waals surface area (Å²) >= 11 is 7.95. The molecule has 1 unspecified atom stereocenters. The van der Waals surface area contributed by atoms with E-state index in [4.69, 9.17) is 20.9 Å². The van der Waals surface area contributed by atoms with Crippen molar-refractivity contribution in [2.45, 2.75) is 32.1 Å². The fourth-order valence-electron chi connectivity index (χ4n) is 4.24. The second kappa shape index (κ2) is 7.02. The average Bonchev–Trinajstić information content (AvgIpc) is 3.48. The van der Waals surface area contributed by atoms with Gasteiger partial charge in [0.15, 0.2) is 11.9 Å². The van der Waals surface area contributed by atoms with Crippen molar-refractivity contribution in [1.29, 1.82) is 0 Å². The van der Waals surface area contributed by atoms with Crippen LogP contribution in [0, 0.1) is 0 Å². The second-order valence-electron chi connectivity index (χ2n) is 7.46. The summed E-state index contributed by atoms with van der Waals surface area (Å²) in [6.07, 6.45) is 2.80. The standard InChI is InChI=1S/C21H17ClN4O3S/c22-11-3-10-4-17(20-14-7-23-2-1-15(14)26-29-20)28-19(10)13(5-11)18-21-16(24-9-25-18)6-12(8-27)30-21/h3,5-6,9,17,23,27H,1-2,4,7-8H2. The van der Waals surface area contributed by atoms with Gasteiger partial charge in [-0.2, -0.15) is 0 Å². The van der Waals surface area contributed by atoms with Crippen molar-refractivity contribution in [1.82, 2.24) is 20.4 Å². The molecule has 0 spiro atoms. The molecular weight excluding hydrogens is 424 g/mol. The van der Waals surface area contributed by atoms with Crippen LogP contribution in [0.2, 0.25) is 5.02 Å². The van der Waals surface area contributed by atoms with Crippen LogP contribution in [0.3, 0.4) is 0 Å². The minimum absolute atomic E-state index is 0.0304. The maximum absolute atomic E-state index is 9.53. The molecule has 3 aromatic heterocycles. The monoisotopic (exact) mass is 440 g/mol. The summed E-state index contributed by atoms with van der Waals surface area (Å²) in [6, 6.07) is 5.70. The highest BCUT2D eigenvalue weighted by Gasteiger charge is 2.34. The number of halogens is 1. The number of hydrogen-bond acceptors (Lipinski definition) is 8. The minimum Gasteiger partial charge on any atom is -0.481 e. The predicted molar refractivity (Wildman–Crippen MR) is 113 cm³/mol. The van der Waals surface area contributed by atoms with Gasteiger partial charge in [-0.1, -0.05) is 16.8 Å². The van der Waals surface area contributed by atoms with E-state index >= 15 is 0 Å². The number of fused-ring (bicyclic) bond motifs is 3. The van der Waals surface area contributed by atoms with Crippen LogP contribution in [0.4, 0.5) is 0 Å². The molecule has 6 rings (SSSR count). The van der Waals surface area contributed by atoms with Gasteiger partial charge in [0.05, 0.1) is 28.2 Å². The second-order valence-corrected chi connectivity index (χ2v) is 9.03. The Labute approximate surface area is 180 Å². The smallest absolute Gasteiger partial charge is 0.182 e. The first kappa shape index (κ1) is 18.3. The van der Waals surface area contributed by atoms with Gasteiger partial charge in [-0.05, 0) is 18.2 Å². The lowest BCUT2D eigenvalue weighted by atomic mass is 10.0. The molecule has 0 amide bonds. The number of rotatable bonds is 3. The molecule has 30 heavy (non-hydrogen) atoms.